The van der Waals surface area contributed by atoms with Gasteiger partial charge < -0.3 is 15.0 Å². The molecule has 7 heteroatoms. The lowest BCUT2D eigenvalue weighted by molar-refractivity contribution is 0.413. The minimum atomic E-state index is 0.237. The molecule has 21 heavy (non-hydrogen) atoms. The van der Waals surface area contributed by atoms with Gasteiger partial charge in [-0.3, -0.25) is 0 Å². The standard InChI is InChI=1S/C14H21BN6/c1-10-18-13-9-21(15)6-3-12(13)14(19-10)20-7-5-17-11(8-20)2-4-16/h11,17H,2-3,5-9,15H2,1H3. The Morgan fingerprint density at radius 1 is 1.43 bits per heavy atom. The van der Waals surface area contributed by atoms with Crippen molar-refractivity contribution < 1.29 is 0 Å². The second-order valence-corrected chi connectivity index (χ2v) is 5.97. The minimum absolute atomic E-state index is 0.237. The lowest BCUT2D eigenvalue weighted by Crippen LogP contribution is -2.51. The van der Waals surface area contributed by atoms with Gasteiger partial charge in [0.25, 0.3) is 0 Å². The summed E-state index contributed by atoms with van der Waals surface area (Å²) in [4.78, 5) is 14.0. The second kappa shape index (κ2) is 6.00. The summed E-state index contributed by atoms with van der Waals surface area (Å²) >= 11 is 0. The molecule has 1 saturated heterocycles. The molecule has 2 aliphatic heterocycles. The molecule has 110 valence electrons. The van der Waals surface area contributed by atoms with Gasteiger partial charge in [-0.1, -0.05) is 0 Å². The van der Waals surface area contributed by atoms with Gasteiger partial charge in [-0.05, 0) is 19.9 Å². The molecule has 6 nitrogen and oxygen atoms in total. The maximum Gasteiger partial charge on any atom is 0.185 e. The van der Waals surface area contributed by atoms with Crippen molar-refractivity contribution in [3.05, 3.63) is 17.1 Å². The zero-order valence-electron chi connectivity index (χ0n) is 12.8. The zero-order valence-corrected chi connectivity index (χ0v) is 12.8. The summed E-state index contributed by atoms with van der Waals surface area (Å²) < 4.78 is 0. The summed E-state index contributed by atoms with van der Waals surface area (Å²) in [5.74, 6) is 1.93. The summed E-state index contributed by atoms with van der Waals surface area (Å²) in [6, 6.07) is 2.50. The fraction of sp³-hybridized carbons (Fsp3) is 0.643. The number of anilines is 1. The highest BCUT2D eigenvalue weighted by Crippen LogP contribution is 2.26. The number of nitrogens with zero attached hydrogens (tertiary/aromatic N) is 5. The second-order valence-electron chi connectivity index (χ2n) is 5.97. The van der Waals surface area contributed by atoms with Crippen LogP contribution in [0.4, 0.5) is 5.82 Å². The van der Waals surface area contributed by atoms with Gasteiger partial charge >= 0.3 is 0 Å². The van der Waals surface area contributed by atoms with Crippen LogP contribution in [0.15, 0.2) is 0 Å². The van der Waals surface area contributed by atoms with Gasteiger partial charge in [0.05, 0.1) is 18.2 Å². The molecule has 1 fully saturated rings. The largest absolute Gasteiger partial charge is 0.353 e. The Hall–Kier alpha value is -1.65. The number of piperazine rings is 1. The highest BCUT2D eigenvalue weighted by atomic mass is 15.3. The Morgan fingerprint density at radius 2 is 2.29 bits per heavy atom. The molecule has 3 rings (SSSR count). The average molecular weight is 284 g/mol. The molecule has 3 heterocycles. The van der Waals surface area contributed by atoms with Crippen LogP contribution in [0.25, 0.3) is 0 Å². The van der Waals surface area contributed by atoms with Crippen LogP contribution in [0.2, 0.25) is 0 Å². The van der Waals surface area contributed by atoms with Crippen molar-refractivity contribution in [1.82, 2.24) is 20.1 Å². The van der Waals surface area contributed by atoms with Gasteiger partial charge in [0.1, 0.15) is 11.6 Å². The topological polar surface area (TPSA) is 68.1 Å². The van der Waals surface area contributed by atoms with Crippen LogP contribution in [0.3, 0.4) is 0 Å². The van der Waals surface area contributed by atoms with Crippen molar-refractivity contribution in [3.8, 4) is 6.07 Å². The van der Waals surface area contributed by atoms with Crippen LogP contribution in [-0.2, 0) is 13.0 Å². The summed E-state index contributed by atoms with van der Waals surface area (Å²) in [5, 5.41) is 12.3. The van der Waals surface area contributed by atoms with Gasteiger partial charge in [0.2, 0.25) is 0 Å². The van der Waals surface area contributed by atoms with Crippen LogP contribution in [-0.4, -0.2) is 55.0 Å². The van der Waals surface area contributed by atoms with E-state index in [4.69, 9.17) is 10.2 Å². The van der Waals surface area contributed by atoms with Crippen molar-refractivity contribution >= 4 is 13.8 Å². The molecule has 1 unspecified atom stereocenters. The van der Waals surface area contributed by atoms with E-state index in [1.54, 1.807) is 0 Å². The first kappa shape index (κ1) is 14.3. The third-order valence-corrected chi connectivity index (χ3v) is 4.24. The number of hydrogen-bond acceptors (Lipinski definition) is 6. The number of nitriles is 1. The summed E-state index contributed by atoms with van der Waals surface area (Å²) in [6.07, 6.45) is 1.56. The normalized spacial score (nSPS) is 22.7. The Balaban J connectivity index is 1.89. The molecule has 0 saturated carbocycles. The van der Waals surface area contributed by atoms with E-state index in [-0.39, 0.29) is 6.04 Å². The van der Waals surface area contributed by atoms with E-state index in [1.165, 1.54) is 11.3 Å². The van der Waals surface area contributed by atoms with E-state index in [9.17, 15) is 0 Å². The van der Waals surface area contributed by atoms with Crippen LogP contribution < -0.4 is 10.2 Å². The highest BCUT2D eigenvalue weighted by molar-refractivity contribution is 6.04. The Labute approximate surface area is 126 Å². The maximum absolute atomic E-state index is 8.90. The number of fused-ring (bicyclic) bond motifs is 1. The van der Waals surface area contributed by atoms with Gasteiger partial charge in [0.15, 0.2) is 7.98 Å². The SMILES string of the molecule is BN1CCc2c(nc(C)nc2N2CCNC(CC#N)C2)C1. The van der Waals surface area contributed by atoms with Gasteiger partial charge in [-0.25, -0.2) is 9.97 Å². The number of rotatable bonds is 2. The highest BCUT2D eigenvalue weighted by Gasteiger charge is 2.26. The molecule has 0 radical (unpaired) electrons. The Morgan fingerprint density at radius 3 is 3.10 bits per heavy atom. The molecular weight excluding hydrogens is 263 g/mol. The lowest BCUT2D eigenvalue weighted by atomic mass is 10.0. The quantitative estimate of drug-likeness (QED) is 0.730. The van der Waals surface area contributed by atoms with Crippen LogP contribution in [0.5, 0.6) is 0 Å². The van der Waals surface area contributed by atoms with Crippen LogP contribution >= 0.6 is 0 Å². The predicted octanol–water partition coefficient (Wildman–Crippen LogP) is -0.617. The molecule has 0 aromatic carbocycles. The smallest absolute Gasteiger partial charge is 0.185 e. The first-order valence-electron chi connectivity index (χ1n) is 7.57. The fourth-order valence-electron chi connectivity index (χ4n) is 3.19. The van der Waals surface area contributed by atoms with Crippen molar-refractivity contribution in [2.75, 3.05) is 31.1 Å². The van der Waals surface area contributed by atoms with Crippen molar-refractivity contribution in [2.24, 2.45) is 0 Å². The number of aryl methyl sites for hydroxylation is 1. The van der Waals surface area contributed by atoms with Gasteiger partial charge in [0, 0.05) is 37.8 Å². The molecule has 0 spiro atoms. The molecule has 0 bridgehead atoms. The minimum Gasteiger partial charge on any atom is -0.353 e. The summed E-state index contributed by atoms with van der Waals surface area (Å²) in [6.45, 7) is 6.63. The summed E-state index contributed by atoms with van der Waals surface area (Å²) in [5.41, 5.74) is 2.47. The Kier molecular flexibility index (Phi) is 4.09. The molecule has 0 aliphatic carbocycles. The molecule has 0 amide bonds. The lowest BCUT2D eigenvalue weighted by Gasteiger charge is -2.36. The number of hydrogen-bond donors (Lipinski definition) is 1. The number of nitrogens with one attached hydrogen (secondary N) is 1. The zero-order chi connectivity index (χ0) is 14.8. The monoisotopic (exact) mass is 284 g/mol. The van der Waals surface area contributed by atoms with Gasteiger partial charge in [-0.2, -0.15) is 5.26 Å². The van der Waals surface area contributed by atoms with Crippen molar-refractivity contribution in [1.29, 1.82) is 5.26 Å². The molecule has 1 aromatic rings. The average Bonchev–Trinajstić information content (AvgIpc) is 2.46. The van der Waals surface area contributed by atoms with Gasteiger partial charge in [-0.15, -0.1) is 0 Å². The van der Waals surface area contributed by atoms with Crippen molar-refractivity contribution in [3.63, 3.8) is 0 Å². The first-order valence-corrected chi connectivity index (χ1v) is 7.57. The van der Waals surface area contributed by atoms with Crippen LogP contribution in [0.1, 0.15) is 23.5 Å². The first-order chi connectivity index (χ1) is 10.2. The predicted molar refractivity (Wildman–Crippen MR) is 83.7 cm³/mol. The van der Waals surface area contributed by atoms with Crippen molar-refractivity contribution in [2.45, 2.75) is 32.4 Å². The molecular formula is C14H21BN6. The molecule has 1 aromatic heterocycles. The number of aromatic nitrogens is 2. The van der Waals surface area contributed by atoms with E-state index in [1.807, 2.05) is 6.92 Å². The molecule has 1 atom stereocenters. The third kappa shape index (κ3) is 3.01. The molecule has 1 N–H and O–H groups in total. The maximum atomic E-state index is 8.90. The third-order valence-electron chi connectivity index (χ3n) is 4.24. The Bertz CT molecular complexity index is 569. The molecule has 2 aliphatic rings. The van der Waals surface area contributed by atoms with Crippen LogP contribution in [0, 0.1) is 18.3 Å². The van der Waals surface area contributed by atoms with E-state index >= 15 is 0 Å². The van der Waals surface area contributed by atoms with E-state index in [0.29, 0.717) is 6.42 Å². The fourth-order valence-corrected chi connectivity index (χ4v) is 3.19. The summed E-state index contributed by atoms with van der Waals surface area (Å²) in [7, 11) is 2.13. The van der Waals surface area contributed by atoms with E-state index < -0.39 is 0 Å². The van der Waals surface area contributed by atoms with E-state index in [2.05, 4.69) is 34.1 Å². The van der Waals surface area contributed by atoms with E-state index in [0.717, 1.165) is 50.8 Å².